The van der Waals surface area contributed by atoms with Crippen molar-refractivity contribution in [2.45, 2.75) is 33.2 Å². The van der Waals surface area contributed by atoms with Crippen molar-refractivity contribution in [1.29, 1.82) is 0 Å². The van der Waals surface area contributed by atoms with E-state index in [2.05, 4.69) is 59.0 Å². The van der Waals surface area contributed by atoms with Crippen LogP contribution in [0.4, 0.5) is 5.95 Å². The van der Waals surface area contributed by atoms with E-state index in [0.717, 1.165) is 89.5 Å². The number of piperazine rings is 1. The highest BCUT2D eigenvalue weighted by Crippen LogP contribution is 2.09. The molecule has 1 fully saturated rings. The Morgan fingerprint density at radius 1 is 1.07 bits per heavy atom. The SMILES string of the molecule is CCNC(=NCCCN1CCN(c2ncccn2)CC1)NCCn1cnnc1CC. The van der Waals surface area contributed by atoms with E-state index in [4.69, 9.17) is 4.99 Å². The molecule has 3 rings (SSSR count). The standard InChI is InChI=1S/C20H34N10/c1-3-18-27-26-17-30(18)12-10-23-19(21-4-2)22-9-6-11-28-13-15-29(16-14-28)20-24-7-5-8-25-20/h5,7-8,17H,3-4,6,9-16H2,1-2H3,(H2,21,22,23). The fraction of sp³-hybridized carbons (Fsp3) is 0.650. The van der Waals surface area contributed by atoms with Crippen LogP contribution in [0.15, 0.2) is 29.8 Å². The molecular formula is C20H34N10. The van der Waals surface area contributed by atoms with Crippen molar-refractivity contribution in [2.75, 3.05) is 57.3 Å². The Morgan fingerprint density at radius 3 is 2.60 bits per heavy atom. The Morgan fingerprint density at radius 2 is 1.87 bits per heavy atom. The molecule has 2 aromatic heterocycles. The lowest BCUT2D eigenvalue weighted by atomic mass is 10.3. The van der Waals surface area contributed by atoms with Crippen LogP contribution in [0.1, 0.15) is 26.1 Å². The quantitative estimate of drug-likeness (QED) is 0.327. The van der Waals surface area contributed by atoms with Gasteiger partial charge in [0.05, 0.1) is 0 Å². The molecule has 0 atom stereocenters. The van der Waals surface area contributed by atoms with Crippen LogP contribution in [0.25, 0.3) is 0 Å². The monoisotopic (exact) mass is 414 g/mol. The van der Waals surface area contributed by atoms with Crippen molar-refractivity contribution < 1.29 is 0 Å². The number of nitrogens with one attached hydrogen (secondary N) is 2. The summed E-state index contributed by atoms with van der Waals surface area (Å²) in [7, 11) is 0. The Labute approximate surface area is 178 Å². The van der Waals surface area contributed by atoms with Crippen LogP contribution >= 0.6 is 0 Å². The van der Waals surface area contributed by atoms with E-state index in [-0.39, 0.29) is 0 Å². The van der Waals surface area contributed by atoms with E-state index >= 15 is 0 Å². The molecule has 10 nitrogen and oxygen atoms in total. The second-order valence-corrected chi connectivity index (χ2v) is 7.21. The van der Waals surface area contributed by atoms with Gasteiger partial charge < -0.3 is 20.1 Å². The van der Waals surface area contributed by atoms with Gasteiger partial charge in [-0.3, -0.25) is 9.89 Å². The number of hydrogen-bond donors (Lipinski definition) is 2. The summed E-state index contributed by atoms with van der Waals surface area (Å²) in [6.07, 6.45) is 7.33. The summed E-state index contributed by atoms with van der Waals surface area (Å²) >= 11 is 0. The predicted octanol–water partition coefficient (Wildman–Crippen LogP) is 0.398. The molecule has 164 valence electrons. The van der Waals surface area contributed by atoms with Gasteiger partial charge in [-0.1, -0.05) is 6.92 Å². The minimum atomic E-state index is 0.792. The van der Waals surface area contributed by atoms with E-state index in [1.165, 1.54) is 0 Å². The van der Waals surface area contributed by atoms with E-state index in [1.807, 2.05) is 6.07 Å². The maximum Gasteiger partial charge on any atom is 0.225 e. The van der Waals surface area contributed by atoms with Gasteiger partial charge in [0.1, 0.15) is 12.2 Å². The van der Waals surface area contributed by atoms with Gasteiger partial charge in [-0.05, 0) is 19.4 Å². The fourth-order valence-corrected chi connectivity index (χ4v) is 3.49. The third kappa shape index (κ3) is 6.65. The van der Waals surface area contributed by atoms with E-state index < -0.39 is 0 Å². The highest BCUT2D eigenvalue weighted by atomic mass is 15.3. The third-order valence-electron chi connectivity index (χ3n) is 5.11. The minimum absolute atomic E-state index is 0.792. The third-order valence-corrected chi connectivity index (χ3v) is 5.11. The average Bonchev–Trinajstić information content (AvgIpc) is 3.25. The topological polar surface area (TPSA) is 99.4 Å². The lowest BCUT2D eigenvalue weighted by Gasteiger charge is -2.34. The predicted molar refractivity (Wildman–Crippen MR) is 119 cm³/mol. The molecule has 0 spiro atoms. The minimum Gasteiger partial charge on any atom is -0.357 e. The van der Waals surface area contributed by atoms with Crippen molar-refractivity contribution >= 4 is 11.9 Å². The normalized spacial score (nSPS) is 15.4. The molecule has 0 radical (unpaired) electrons. The smallest absolute Gasteiger partial charge is 0.225 e. The Balaban J connectivity index is 1.34. The second kappa shape index (κ2) is 12.1. The van der Waals surface area contributed by atoms with Crippen molar-refractivity contribution in [3.05, 3.63) is 30.6 Å². The molecule has 1 saturated heterocycles. The molecule has 3 heterocycles. The molecule has 10 heteroatoms. The molecular weight excluding hydrogens is 380 g/mol. The number of aliphatic imine (C=N–C) groups is 1. The number of aromatic nitrogens is 5. The van der Waals surface area contributed by atoms with Gasteiger partial charge in [-0.2, -0.15) is 0 Å². The van der Waals surface area contributed by atoms with Crippen LogP contribution in [-0.4, -0.2) is 87.9 Å². The molecule has 0 unspecified atom stereocenters. The van der Waals surface area contributed by atoms with Gasteiger partial charge in [-0.15, -0.1) is 10.2 Å². The lowest BCUT2D eigenvalue weighted by molar-refractivity contribution is 0.255. The first-order chi connectivity index (χ1) is 14.8. The van der Waals surface area contributed by atoms with E-state index in [1.54, 1.807) is 18.7 Å². The van der Waals surface area contributed by atoms with Gasteiger partial charge in [-0.25, -0.2) is 9.97 Å². The number of hydrogen-bond acceptors (Lipinski definition) is 7. The zero-order valence-corrected chi connectivity index (χ0v) is 18.2. The lowest BCUT2D eigenvalue weighted by Crippen LogP contribution is -2.47. The summed E-state index contributed by atoms with van der Waals surface area (Å²) in [6, 6.07) is 1.86. The van der Waals surface area contributed by atoms with Gasteiger partial charge in [0, 0.05) is 77.7 Å². The van der Waals surface area contributed by atoms with Crippen LogP contribution in [0.5, 0.6) is 0 Å². The van der Waals surface area contributed by atoms with Crippen LogP contribution in [0.2, 0.25) is 0 Å². The zero-order valence-electron chi connectivity index (χ0n) is 18.2. The van der Waals surface area contributed by atoms with Gasteiger partial charge in [0.15, 0.2) is 5.96 Å². The van der Waals surface area contributed by atoms with E-state index in [9.17, 15) is 0 Å². The number of aryl methyl sites for hydroxylation is 1. The molecule has 0 saturated carbocycles. The highest BCUT2D eigenvalue weighted by Gasteiger charge is 2.18. The highest BCUT2D eigenvalue weighted by molar-refractivity contribution is 5.79. The van der Waals surface area contributed by atoms with Crippen LogP contribution in [0.3, 0.4) is 0 Å². The molecule has 2 N–H and O–H groups in total. The Bertz CT molecular complexity index is 752. The fourth-order valence-electron chi connectivity index (χ4n) is 3.49. The van der Waals surface area contributed by atoms with Crippen LogP contribution < -0.4 is 15.5 Å². The van der Waals surface area contributed by atoms with Crippen molar-refractivity contribution in [2.24, 2.45) is 4.99 Å². The second-order valence-electron chi connectivity index (χ2n) is 7.21. The summed E-state index contributed by atoms with van der Waals surface area (Å²) in [5, 5.41) is 14.8. The molecule has 2 aromatic rings. The molecule has 30 heavy (non-hydrogen) atoms. The molecule has 0 aliphatic carbocycles. The van der Waals surface area contributed by atoms with Crippen LogP contribution in [-0.2, 0) is 13.0 Å². The summed E-state index contributed by atoms with van der Waals surface area (Å²) in [6.45, 7) is 12.5. The maximum absolute atomic E-state index is 4.72. The average molecular weight is 415 g/mol. The van der Waals surface area contributed by atoms with Crippen molar-refractivity contribution in [3.63, 3.8) is 0 Å². The van der Waals surface area contributed by atoms with E-state index in [0.29, 0.717) is 0 Å². The zero-order chi connectivity index (χ0) is 21.0. The largest absolute Gasteiger partial charge is 0.357 e. The Hall–Kier alpha value is -2.75. The van der Waals surface area contributed by atoms with Gasteiger partial charge >= 0.3 is 0 Å². The first-order valence-electron chi connectivity index (χ1n) is 10.9. The number of anilines is 1. The molecule has 1 aliphatic heterocycles. The molecule has 1 aliphatic rings. The summed E-state index contributed by atoms with van der Waals surface area (Å²) in [5.41, 5.74) is 0. The molecule has 0 bridgehead atoms. The maximum atomic E-state index is 4.72. The first-order valence-corrected chi connectivity index (χ1v) is 10.9. The molecule has 0 amide bonds. The van der Waals surface area contributed by atoms with Crippen molar-refractivity contribution in [3.8, 4) is 0 Å². The van der Waals surface area contributed by atoms with Gasteiger partial charge in [0.25, 0.3) is 0 Å². The first kappa shape index (κ1) is 21.9. The summed E-state index contributed by atoms with van der Waals surface area (Å²) < 4.78 is 2.08. The number of guanidine groups is 1. The Kier molecular flexibility index (Phi) is 8.82. The van der Waals surface area contributed by atoms with Crippen LogP contribution in [0, 0.1) is 0 Å². The van der Waals surface area contributed by atoms with Gasteiger partial charge in [0.2, 0.25) is 5.95 Å². The number of nitrogens with zero attached hydrogens (tertiary/aromatic N) is 8. The molecule has 0 aromatic carbocycles. The number of rotatable bonds is 10. The summed E-state index contributed by atoms with van der Waals surface area (Å²) in [4.78, 5) is 18.2. The summed E-state index contributed by atoms with van der Waals surface area (Å²) in [5.74, 6) is 2.72. The van der Waals surface area contributed by atoms with Crippen molar-refractivity contribution in [1.82, 2.24) is 40.3 Å².